The molecule has 1 aliphatic rings. The highest BCUT2D eigenvalue weighted by Crippen LogP contribution is 2.21. The Morgan fingerprint density at radius 2 is 2.15 bits per heavy atom. The first-order valence-corrected chi connectivity index (χ1v) is 8.24. The third kappa shape index (κ3) is 6.03. The molecule has 0 radical (unpaired) electrons. The Morgan fingerprint density at radius 1 is 1.38 bits per heavy atom. The normalized spacial score (nSPS) is 14.3. The zero-order valence-electron chi connectivity index (χ0n) is 15.1. The average Bonchev–Trinajstić information content (AvgIpc) is 2.56. The lowest BCUT2D eigenvalue weighted by Gasteiger charge is -2.20. The van der Waals surface area contributed by atoms with Gasteiger partial charge in [0, 0.05) is 24.2 Å². The number of hydrogen-bond acceptors (Lipinski definition) is 5. The first-order valence-electron chi connectivity index (χ1n) is 8.24. The summed E-state index contributed by atoms with van der Waals surface area (Å²) in [6.45, 7) is 5.52. The summed E-state index contributed by atoms with van der Waals surface area (Å²) in [5.74, 6) is 0.298. The van der Waals surface area contributed by atoms with Crippen molar-refractivity contribution >= 4 is 12.0 Å². The summed E-state index contributed by atoms with van der Waals surface area (Å²) < 4.78 is 18.0. The molecule has 1 aromatic carbocycles. The Hall–Kier alpha value is -2.61. The zero-order valence-corrected chi connectivity index (χ0v) is 15.1. The number of carbonyl (C=O) groups is 2. The lowest BCUT2D eigenvalue weighted by atomic mass is 10.0. The van der Waals surface area contributed by atoms with E-state index < -0.39 is 11.7 Å². The molecule has 26 heavy (non-hydrogen) atoms. The van der Waals surface area contributed by atoms with Crippen molar-refractivity contribution in [3.8, 4) is 5.75 Å². The second-order valence-corrected chi connectivity index (χ2v) is 6.79. The number of rotatable bonds is 6. The van der Waals surface area contributed by atoms with Crippen LogP contribution in [0.15, 0.2) is 30.1 Å². The standard InChI is InChI=1S/C18H23FN2O5/c1-18(2,3)25-17(23)21-10-12(9-19)11-24-26-14-4-5-15-13(8-14)6-7-20-16(15)22/h4-5,8-9H,6-7,10-11H2,1-3H3,(H,20,22)(H,21,23). The first kappa shape index (κ1) is 19.7. The Balaban J connectivity index is 1.79. The first-order chi connectivity index (χ1) is 12.3. The molecule has 0 aromatic heterocycles. The molecule has 1 heterocycles. The van der Waals surface area contributed by atoms with Gasteiger partial charge in [0.25, 0.3) is 5.91 Å². The summed E-state index contributed by atoms with van der Waals surface area (Å²) in [6.07, 6.45) is 0.400. The van der Waals surface area contributed by atoms with Gasteiger partial charge in [0.15, 0.2) is 5.75 Å². The van der Waals surface area contributed by atoms with Crippen molar-refractivity contribution in [1.82, 2.24) is 10.6 Å². The fourth-order valence-corrected chi connectivity index (χ4v) is 2.25. The zero-order chi connectivity index (χ0) is 19.2. The van der Waals surface area contributed by atoms with E-state index in [0.717, 1.165) is 5.56 Å². The molecule has 2 N–H and O–H groups in total. The molecule has 1 aromatic rings. The minimum absolute atomic E-state index is 0.0703. The van der Waals surface area contributed by atoms with Gasteiger partial charge in [0.1, 0.15) is 12.2 Å². The molecule has 0 spiro atoms. The van der Waals surface area contributed by atoms with Crippen LogP contribution in [0.4, 0.5) is 9.18 Å². The molecule has 0 saturated carbocycles. The molecular formula is C18H23FN2O5. The van der Waals surface area contributed by atoms with Crippen LogP contribution in [0.5, 0.6) is 5.75 Å². The maximum absolute atomic E-state index is 12.9. The molecule has 8 heteroatoms. The lowest BCUT2D eigenvalue weighted by Crippen LogP contribution is -2.34. The van der Waals surface area contributed by atoms with Crippen molar-refractivity contribution in [3.05, 3.63) is 41.2 Å². The quantitative estimate of drug-likeness (QED) is 0.597. The number of ether oxygens (including phenoxy) is 1. The summed E-state index contributed by atoms with van der Waals surface area (Å²) in [5, 5.41) is 5.19. The van der Waals surface area contributed by atoms with Crippen LogP contribution < -0.4 is 15.5 Å². The van der Waals surface area contributed by atoms with E-state index in [4.69, 9.17) is 14.5 Å². The van der Waals surface area contributed by atoms with Gasteiger partial charge in [-0.25, -0.2) is 9.18 Å². The maximum atomic E-state index is 12.9. The van der Waals surface area contributed by atoms with Crippen molar-refractivity contribution in [1.29, 1.82) is 0 Å². The fourth-order valence-electron chi connectivity index (χ4n) is 2.25. The third-order valence-corrected chi connectivity index (χ3v) is 3.41. The van der Waals surface area contributed by atoms with E-state index in [0.29, 0.717) is 30.6 Å². The Bertz CT molecular complexity index is 697. The summed E-state index contributed by atoms with van der Waals surface area (Å²) in [6, 6.07) is 4.96. The number of fused-ring (bicyclic) bond motifs is 1. The maximum Gasteiger partial charge on any atom is 0.407 e. The largest absolute Gasteiger partial charge is 0.444 e. The molecule has 1 aliphatic heterocycles. The minimum atomic E-state index is -0.647. The summed E-state index contributed by atoms with van der Waals surface area (Å²) in [4.78, 5) is 33.4. The fraction of sp³-hybridized carbons (Fsp3) is 0.444. The number of hydrogen-bond donors (Lipinski definition) is 2. The van der Waals surface area contributed by atoms with Gasteiger partial charge in [0.05, 0.1) is 6.33 Å². The van der Waals surface area contributed by atoms with Crippen molar-refractivity contribution in [2.75, 3.05) is 19.7 Å². The number of alkyl carbamates (subject to hydrolysis) is 1. The van der Waals surface area contributed by atoms with Crippen molar-refractivity contribution in [2.45, 2.75) is 32.8 Å². The molecule has 0 atom stereocenters. The van der Waals surface area contributed by atoms with Crippen molar-refractivity contribution in [3.63, 3.8) is 0 Å². The number of halogens is 1. The van der Waals surface area contributed by atoms with Crippen LogP contribution >= 0.6 is 0 Å². The Labute approximate surface area is 151 Å². The minimum Gasteiger partial charge on any atom is -0.444 e. The van der Waals surface area contributed by atoms with E-state index in [-0.39, 0.29) is 24.6 Å². The number of benzene rings is 1. The smallest absolute Gasteiger partial charge is 0.407 e. The predicted molar refractivity (Wildman–Crippen MR) is 92.5 cm³/mol. The van der Waals surface area contributed by atoms with Crippen molar-refractivity contribution in [2.24, 2.45) is 0 Å². The summed E-state index contributed by atoms with van der Waals surface area (Å²) in [5.41, 5.74) is 1.01. The summed E-state index contributed by atoms with van der Waals surface area (Å²) in [7, 11) is 0. The van der Waals surface area contributed by atoms with E-state index in [1.165, 1.54) is 0 Å². The van der Waals surface area contributed by atoms with Crippen LogP contribution in [0, 0.1) is 0 Å². The van der Waals surface area contributed by atoms with Crippen LogP contribution in [0.2, 0.25) is 0 Å². The second kappa shape index (κ2) is 8.66. The molecule has 0 bridgehead atoms. The molecule has 0 unspecified atom stereocenters. The highest BCUT2D eigenvalue weighted by atomic mass is 19.1. The number of carbonyl (C=O) groups excluding carboxylic acids is 2. The Morgan fingerprint density at radius 3 is 2.85 bits per heavy atom. The van der Waals surface area contributed by atoms with E-state index in [2.05, 4.69) is 10.6 Å². The molecule has 2 amide bonds. The van der Waals surface area contributed by atoms with Gasteiger partial charge in [-0.05, 0) is 51.0 Å². The van der Waals surface area contributed by atoms with Crippen LogP contribution in [0.1, 0.15) is 36.7 Å². The van der Waals surface area contributed by atoms with Crippen LogP contribution in [-0.4, -0.2) is 37.3 Å². The lowest BCUT2D eigenvalue weighted by molar-refractivity contribution is -0.198. The highest BCUT2D eigenvalue weighted by Gasteiger charge is 2.18. The van der Waals surface area contributed by atoms with Gasteiger partial charge in [-0.1, -0.05) is 0 Å². The average molecular weight is 366 g/mol. The van der Waals surface area contributed by atoms with Crippen LogP contribution in [-0.2, 0) is 16.0 Å². The molecule has 0 fully saturated rings. The molecule has 0 saturated heterocycles. The van der Waals surface area contributed by atoms with Crippen LogP contribution in [0.25, 0.3) is 0 Å². The monoisotopic (exact) mass is 366 g/mol. The third-order valence-electron chi connectivity index (χ3n) is 3.41. The van der Waals surface area contributed by atoms with Gasteiger partial charge in [-0.3, -0.25) is 4.79 Å². The van der Waals surface area contributed by atoms with Crippen LogP contribution in [0.3, 0.4) is 0 Å². The molecule has 7 nitrogen and oxygen atoms in total. The predicted octanol–water partition coefficient (Wildman–Crippen LogP) is 2.66. The van der Waals surface area contributed by atoms with Gasteiger partial charge in [-0.15, -0.1) is 0 Å². The van der Waals surface area contributed by atoms with E-state index >= 15 is 0 Å². The van der Waals surface area contributed by atoms with Gasteiger partial charge in [0.2, 0.25) is 0 Å². The topological polar surface area (TPSA) is 85.9 Å². The number of nitrogens with one attached hydrogen (secondary N) is 2. The van der Waals surface area contributed by atoms with Crippen molar-refractivity contribution < 1.29 is 28.5 Å². The SMILES string of the molecule is CC(C)(C)OC(=O)NCC(=CF)COOc1ccc2c(c1)CCNC2=O. The number of amides is 2. The van der Waals surface area contributed by atoms with Gasteiger partial charge >= 0.3 is 6.09 Å². The van der Waals surface area contributed by atoms with E-state index in [9.17, 15) is 14.0 Å². The molecule has 2 rings (SSSR count). The second-order valence-electron chi connectivity index (χ2n) is 6.79. The van der Waals surface area contributed by atoms with E-state index in [1.54, 1.807) is 39.0 Å². The molecule has 0 aliphatic carbocycles. The van der Waals surface area contributed by atoms with Gasteiger partial charge < -0.3 is 20.3 Å². The van der Waals surface area contributed by atoms with Gasteiger partial charge in [-0.2, -0.15) is 4.89 Å². The highest BCUT2D eigenvalue weighted by molar-refractivity contribution is 5.96. The molecular weight excluding hydrogens is 343 g/mol. The van der Waals surface area contributed by atoms with E-state index in [1.807, 2.05) is 0 Å². The summed E-state index contributed by atoms with van der Waals surface area (Å²) >= 11 is 0. The Kier molecular flexibility index (Phi) is 6.57. The molecule has 142 valence electrons.